The van der Waals surface area contributed by atoms with Crippen molar-refractivity contribution in [3.63, 3.8) is 0 Å². The molecule has 0 saturated carbocycles. The maximum absolute atomic E-state index is 13.4. The highest BCUT2D eigenvalue weighted by Crippen LogP contribution is 2.33. The van der Waals surface area contributed by atoms with E-state index in [9.17, 15) is 35.1 Å². The Hall–Kier alpha value is -2.64. The van der Waals surface area contributed by atoms with Gasteiger partial charge in [-0.15, -0.1) is 11.3 Å². The number of nitrogens with zero attached hydrogens (tertiary/aromatic N) is 1. The molecule has 0 aliphatic carbocycles. The predicted octanol–water partition coefficient (Wildman–Crippen LogP) is 1.07. The van der Waals surface area contributed by atoms with Crippen LogP contribution in [0.4, 0.5) is 5.69 Å². The topological polar surface area (TPSA) is 157 Å². The van der Waals surface area contributed by atoms with Crippen molar-refractivity contribution in [2.24, 2.45) is 0 Å². The fourth-order valence-corrected chi connectivity index (χ4v) is 6.39. The zero-order chi connectivity index (χ0) is 26.9. The Morgan fingerprint density at radius 3 is 2.41 bits per heavy atom. The van der Waals surface area contributed by atoms with Gasteiger partial charge in [-0.25, -0.2) is 4.79 Å². The first-order valence-electron chi connectivity index (χ1n) is 12.3. The van der Waals surface area contributed by atoms with Gasteiger partial charge in [-0.1, -0.05) is 18.2 Å². The number of carbonyl (C=O) groups is 1. The number of aliphatic hydroxyl groups is 4. The molecule has 5 atom stereocenters. The lowest BCUT2D eigenvalue weighted by molar-refractivity contribution is -0.973. The van der Waals surface area contributed by atoms with Gasteiger partial charge in [0.1, 0.15) is 12.2 Å². The van der Waals surface area contributed by atoms with Crippen molar-refractivity contribution in [2.45, 2.75) is 51.1 Å². The minimum Gasteiger partial charge on any atom is -0.479 e. The van der Waals surface area contributed by atoms with Gasteiger partial charge in [0.2, 0.25) is 6.23 Å². The average Bonchev–Trinajstić information content (AvgIpc) is 2.90. The molecule has 11 heteroatoms. The van der Waals surface area contributed by atoms with E-state index in [0.29, 0.717) is 52.9 Å². The fourth-order valence-electron chi connectivity index (χ4n) is 5.19. The van der Waals surface area contributed by atoms with Crippen LogP contribution in [-0.2, 0) is 16.1 Å². The Bertz CT molecular complexity index is 1340. The lowest BCUT2D eigenvalue weighted by Crippen LogP contribution is -2.71. The Morgan fingerprint density at radius 2 is 1.76 bits per heavy atom. The lowest BCUT2D eigenvalue weighted by atomic mass is 9.96. The third-order valence-electron chi connectivity index (χ3n) is 7.48. The predicted molar refractivity (Wildman–Crippen MR) is 141 cm³/mol. The molecule has 6 N–H and O–H groups in total. The molecule has 37 heavy (non-hydrogen) atoms. The van der Waals surface area contributed by atoms with Crippen LogP contribution in [-0.4, -0.2) is 92.8 Å². The summed E-state index contributed by atoms with van der Waals surface area (Å²) >= 11 is 1.44. The van der Waals surface area contributed by atoms with Crippen LogP contribution < -0.4 is 10.7 Å². The number of carboxylic acids is 1. The number of likely N-dealkylation sites (N-methyl/N-ethyl adjacent to an activating group) is 1. The molecule has 0 amide bonds. The minimum absolute atomic E-state index is 0.115. The van der Waals surface area contributed by atoms with E-state index >= 15 is 0 Å². The van der Waals surface area contributed by atoms with E-state index in [-0.39, 0.29) is 16.5 Å². The fraction of sp³-hybridized carbons (Fsp3) is 0.462. The molecule has 2 aromatic carbocycles. The normalized spacial score (nSPS) is 24.4. The first-order valence-corrected chi connectivity index (χ1v) is 13.1. The molecular weight excluding hydrogens is 500 g/mol. The van der Waals surface area contributed by atoms with E-state index in [2.05, 4.69) is 5.32 Å². The lowest BCUT2D eigenvalue weighted by Gasteiger charge is -2.49. The quantitative estimate of drug-likeness (QED) is 0.175. The van der Waals surface area contributed by atoms with Gasteiger partial charge in [0, 0.05) is 20.5 Å². The molecule has 1 aliphatic rings. The molecule has 1 aliphatic heterocycles. The molecule has 4 rings (SSSR count). The number of quaternary nitrogens is 1. The Kier molecular flexibility index (Phi) is 8.14. The van der Waals surface area contributed by atoms with Gasteiger partial charge in [-0.05, 0) is 37.6 Å². The summed E-state index contributed by atoms with van der Waals surface area (Å²) in [6.45, 7) is 5.18. The molecule has 3 aromatic rings. The summed E-state index contributed by atoms with van der Waals surface area (Å²) in [6.07, 6.45) is -7.65. The maximum Gasteiger partial charge on any atom is 0.335 e. The Balaban J connectivity index is 1.65. The molecule has 0 spiro atoms. The summed E-state index contributed by atoms with van der Waals surface area (Å²) in [5.41, 5.74) is 1.13. The first kappa shape index (κ1) is 27.4. The molecule has 1 saturated heterocycles. The highest BCUT2D eigenvalue weighted by molar-refractivity contribution is 7.24. The average molecular weight is 534 g/mol. The molecule has 0 radical (unpaired) electrons. The number of fused-ring (bicyclic) bond motifs is 2. The molecule has 0 bridgehead atoms. The van der Waals surface area contributed by atoms with Gasteiger partial charge in [-0.3, -0.25) is 9.28 Å². The minimum atomic E-state index is -1.75. The van der Waals surface area contributed by atoms with Gasteiger partial charge in [0.15, 0.2) is 17.6 Å². The number of benzene rings is 2. The molecule has 2 heterocycles. The van der Waals surface area contributed by atoms with Crippen molar-refractivity contribution in [1.82, 2.24) is 0 Å². The number of ether oxygens (including phenoxy) is 1. The molecule has 1 aromatic heterocycles. The summed E-state index contributed by atoms with van der Waals surface area (Å²) in [4.78, 5) is 25.1. The number of hydrogen-bond donors (Lipinski definition) is 6. The summed E-state index contributed by atoms with van der Waals surface area (Å²) in [5.74, 6) is -1.42. The third-order valence-corrected chi connectivity index (χ3v) is 8.73. The number of anilines is 1. The number of rotatable bonds is 9. The number of aliphatic carboxylic acids is 1. The third kappa shape index (κ3) is 4.84. The molecule has 10 nitrogen and oxygen atoms in total. The second kappa shape index (κ2) is 11.0. The zero-order valence-corrected chi connectivity index (χ0v) is 21.5. The van der Waals surface area contributed by atoms with Crippen LogP contribution in [0.5, 0.6) is 0 Å². The maximum atomic E-state index is 13.4. The van der Waals surface area contributed by atoms with E-state index in [1.54, 1.807) is 18.2 Å². The Morgan fingerprint density at radius 1 is 1.05 bits per heavy atom. The smallest absolute Gasteiger partial charge is 0.335 e. The van der Waals surface area contributed by atoms with E-state index in [0.717, 1.165) is 4.70 Å². The van der Waals surface area contributed by atoms with Crippen LogP contribution in [0.15, 0.2) is 41.2 Å². The van der Waals surface area contributed by atoms with Gasteiger partial charge in [-0.2, -0.15) is 0 Å². The summed E-state index contributed by atoms with van der Waals surface area (Å²) in [5, 5.41) is 54.9. The van der Waals surface area contributed by atoms with Crippen LogP contribution in [0, 0.1) is 0 Å². The number of hydrogen-bond acceptors (Lipinski definition) is 9. The monoisotopic (exact) mass is 533 g/mol. The van der Waals surface area contributed by atoms with Gasteiger partial charge in [0.05, 0.1) is 38.2 Å². The van der Waals surface area contributed by atoms with Gasteiger partial charge >= 0.3 is 5.97 Å². The second-order valence-corrected chi connectivity index (χ2v) is 10.4. The molecular formula is C26H33N2O8S+. The van der Waals surface area contributed by atoms with Crippen molar-refractivity contribution in [3.8, 4) is 0 Å². The molecule has 1 fully saturated rings. The Labute approximate surface area is 217 Å². The zero-order valence-electron chi connectivity index (χ0n) is 20.7. The van der Waals surface area contributed by atoms with Gasteiger partial charge in [0.25, 0.3) is 0 Å². The summed E-state index contributed by atoms with van der Waals surface area (Å²) < 4.78 is 7.32. The number of nitrogens with one attached hydrogen (secondary N) is 1. The second-order valence-electron chi connectivity index (χ2n) is 9.32. The number of aliphatic hydroxyl groups excluding tert-OH is 4. The molecule has 200 valence electrons. The standard InChI is InChI=1S/C26H32N2O8S/c1-3-28(4-2,25-22(33)20(31)21(32)23(36-25)26(34)35)12-11-27-16-10-9-14(13-29)24-18(16)19(30)15-7-5-6-8-17(15)37-24/h5-10,20-23,25,29,31-33H,3-4,11-13H2,1-2H3,(H-,27,30,34,35)/p+1. The van der Waals surface area contributed by atoms with Gasteiger partial charge < -0.3 is 35.6 Å². The summed E-state index contributed by atoms with van der Waals surface area (Å²) in [7, 11) is 0. The van der Waals surface area contributed by atoms with Crippen molar-refractivity contribution >= 4 is 43.2 Å². The summed E-state index contributed by atoms with van der Waals surface area (Å²) in [6, 6.07) is 10.9. The van der Waals surface area contributed by atoms with E-state index in [1.165, 1.54) is 11.3 Å². The molecule has 5 unspecified atom stereocenters. The van der Waals surface area contributed by atoms with Crippen molar-refractivity contribution in [3.05, 3.63) is 52.2 Å². The van der Waals surface area contributed by atoms with E-state index < -0.39 is 36.6 Å². The first-order chi connectivity index (χ1) is 17.7. The highest BCUT2D eigenvalue weighted by Gasteiger charge is 2.54. The van der Waals surface area contributed by atoms with Crippen molar-refractivity contribution in [1.29, 1.82) is 0 Å². The van der Waals surface area contributed by atoms with E-state index in [4.69, 9.17) is 4.74 Å². The van der Waals surface area contributed by atoms with Crippen LogP contribution in [0.2, 0.25) is 0 Å². The van der Waals surface area contributed by atoms with Crippen LogP contribution in [0.1, 0.15) is 19.4 Å². The van der Waals surface area contributed by atoms with Crippen LogP contribution >= 0.6 is 11.3 Å². The largest absolute Gasteiger partial charge is 0.479 e. The number of carboxylic acid groups (broad SMARTS) is 1. The van der Waals surface area contributed by atoms with Crippen LogP contribution in [0.3, 0.4) is 0 Å². The van der Waals surface area contributed by atoms with Crippen molar-refractivity contribution in [2.75, 3.05) is 31.5 Å². The van der Waals surface area contributed by atoms with E-state index in [1.807, 2.05) is 32.0 Å². The SMILES string of the molecule is CC[N+](CC)(CCNc1ccc(CO)c2sc3ccccc3c(=O)c12)C1OC(C(=O)O)C(O)C(O)C1O. The highest BCUT2D eigenvalue weighted by atomic mass is 32.1. The van der Waals surface area contributed by atoms with Crippen LogP contribution in [0.25, 0.3) is 20.2 Å². The van der Waals surface area contributed by atoms with Crippen molar-refractivity contribution < 1.29 is 39.5 Å².